The molecule has 1 fully saturated rings. The number of imidazole rings is 1. The van der Waals surface area contributed by atoms with E-state index in [9.17, 15) is 4.79 Å². The smallest absolute Gasteiger partial charge is 0.221 e. The third-order valence-electron chi connectivity index (χ3n) is 2.70. The maximum absolute atomic E-state index is 11.7. The molecule has 1 aliphatic heterocycles. The zero-order valence-electron chi connectivity index (χ0n) is 9.74. The number of nitrogens with zero attached hydrogens (tertiary/aromatic N) is 1. The first kappa shape index (κ1) is 12.4. The Labute approximate surface area is 105 Å². The molecular formula is C11H18N4OS. The number of aromatic nitrogens is 2. The third kappa shape index (κ3) is 4.40. The van der Waals surface area contributed by atoms with E-state index in [0.717, 1.165) is 30.2 Å². The number of nitrogens with one attached hydrogen (secondary N) is 3. The fourth-order valence-corrected chi connectivity index (χ4v) is 2.75. The van der Waals surface area contributed by atoms with Gasteiger partial charge < -0.3 is 15.6 Å². The van der Waals surface area contributed by atoms with E-state index in [-0.39, 0.29) is 5.91 Å². The molecule has 1 aromatic heterocycles. The molecule has 1 amide bonds. The monoisotopic (exact) mass is 254 g/mol. The van der Waals surface area contributed by atoms with E-state index in [0.29, 0.717) is 19.0 Å². The molecule has 0 bridgehead atoms. The van der Waals surface area contributed by atoms with Crippen LogP contribution in [0.2, 0.25) is 0 Å². The van der Waals surface area contributed by atoms with Gasteiger partial charge in [0.1, 0.15) is 0 Å². The molecule has 94 valence electrons. The summed E-state index contributed by atoms with van der Waals surface area (Å²) in [6.07, 6.45) is 4.82. The summed E-state index contributed by atoms with van der Waals surface area (Å²) < 4.78 is 0. The zero-order chi connectivity index (χ0) is 11.9. The molecule has 0 saturated carbocycles. The number of carbonyl (C=O) groups is 1. The second-order valence-corrected chi connectivity index (χ2v) is 5.26. The number of aromatic amines is 1. The summed E-state index contributed by atoms with van der Waals surface area (Å²) >= 11 is 1.91. The quantitative estimate of drug-likeness (QED) is 0.700. The fourth-order valence-electron chi connectivity index (χ4n) is 1.80. The molecule has 3 N–H and O–H groups in total. The summed E-state index contributed by atoms with van der Waals surface area (Å²) in [6, 6.07) is 0.334. The van der Waals surface area contributed by atoms with Crippen molar-refractivity contribution in [2.24, 2.45) is 0 Å². The number of carbonyl (C=O) groups excluding carboxylic acids is 1. The second-order valence-electron chi connectivity index (χ2n) is 4.11. The lowest BCUT2D eigenvalue weighted by atomic mass is 10.2. The van der Waals surface area contributed by atoms with E-state index in [1.165, 1.54) is 0 Å². The number of hydrogen-bond acceptors (Lipinski definition) is 4. The van der Waals surface area contributed by atoms with E-state index in [4.69, 9.17) is 0 Å². The van der Waals surface area contributed by atoms with Crippen molar-refractivity contribution in [3.63, 3.8) is 0 Å². The fraction of sp³-hybridized carbons (Fsp3) is 0.636. The van der Waals surface area contributed by atoms with Crippen LogP contribution in [0, 0.1) is 0 Å². The Morgan fingerprint density at radius 2 is 2.59 bits per heavy atom. The lowest BCUT2D eigenvalue weighted by molar-refractivity contribution is -0.121. The Kier molecular flexibility index (Phi) is 4.88. The van der Waals surface area contributed by atoms with Crippen LogP contribution in [0.1, 0.15) is 12.1 Å². The minimum atomic E-state index is 0.129. The minimum Gasteiger partial charge on any atom is -0.356 e. The van der Waals surface area contributed by atoms with Crippen molar-refractivity contribution in [1.82, 2.24) is 20.6 Å². The Morgan fingerprint density at radius 3 is 3.29 bits per heavy atom. The molecule has 0 aliphatic carbocycles. The van der Waals surface area contributed by atoms with E-state index in [2.05, 4.69) is 20.6 Å². The first-order valence-electron chi connectivity index (χ1n) is 5.89. The molecule has 0 aromatic carbocycles. The van der Waals surface area contributed by atoms with Crippen LogP contribution in [0.3, 0.4) is 0 Å². The van der Waals surface area contributed by atoms with E-state index in [1.54, 1.807) is 12.5 Å². The van der Waals surface area contributed by atoms with Gasteiger partial charge in [-0.25, -0.2) is 4.98 Å². The topological polar surface area (TPSA) is 69.8 Å². The highest BCUT2D eigenvalue weighted by Crippen LogP contribution is 2.09. The van der Waals surface area contributed by atoms with Crippen molar-refractivity contribution in [2.75, 3.05) is 24.6 Å². The summed E-state index contributed by atoms with van der Waals surface area (Å²) in [5, 5.41) is 6.29. The molecule has 1 aromatic rings. The van der Waals surface area contributed by atoms with Crippen LogP contribution in [0.25, 0.3) is 0 Å². The largest absolute Gasteiger partial charge is 0.356 e. The van der Waals surface area contributed by atoms with Crippen molar-refractivity contribution >= 4 is 17.7 Å². The lowest BCUT2D eigenvalue weighted by Crippen LogP contribution is -2.41. The molecule has 1 unspecified atom stereocenters. The minimum absolute atomic E-state index is 0.129. The Hall–Kier alpha value is -1.01. The molecule has 1 atom stereocenters. The molecule has 0 radical (unpaired) electrons. The molecule has 1 aliphatic rings. The maximum atomic E-state index is 11.7. The van der Waals surface area contributed by atoms with Gasteiger partial charge >= 0.3 is 0 Å². The normalized spacial score (nSPS) is 20.1. The van der Waals surface area contributed by atoms with Gasteiger partial charge in [-0.1, -0.05) is 0 Å². The van der Waals surface area contributed by atoms with Crippen molar-refractivity contribution in [1.29, 1.82) is 0 Å². The summed E-state index contributed by atoms with van der Waals surface area (Å²) in [7, 11) is 0. The van der Waals surface area contributed by atoms with Crippen LogP contribution >= 0.6 is 11.8 Å². The predicted molar refractivity (Wildman–Crippen MR) is 69.0 cm³/mol. The number of amides is 1. The van der Waals surface area contributed by atoms with E-state index < -0.39 is 0 Å². The van der Waals surface area contributed by atoms with Gasteiger partial charge in [0.2, 0.25) is 5.91 Å². The van der Waals surface area contributed by atoms with Crippen LogP contribution < -0.4 is 10.6 Å². The molecule has 0 spiro atoms. The van der Waals surface area contributed by atoms with Gasteiger partial charge in [0, 0.05) is 55.4 Å². The van der Waals surface area contributed by atoms with Crippen LogP contribution in [-0.2, 0) is 11.2 Å². The van der Waals surface area contributed by atoms with Crippen molar-refractivity contribution in [2.45, 2.75) is 18.9 Å². The summed E-state index contributed by atoms with van der Waals surface area (Å²) in [4.78, 5) is 18.6. The van der Waals surface area contributed by atoms with Crippen LogP contribution in [0.4, 0.5) is 0 Å². The van der Waals surface area contributed by atoms with Gasteiger partial charge in [-0.3, -0.25) is 4.79 Å². The summed E-state index contributed by atoms with van der Waals surface area (Å²) in [6.45, 7) is 1.68. The highest BCUT2D eigenvalue weighted by Gasteiger charge is 2.16. The van der Waals surface area contributed by atoms with Crippen molar-refractivity contribution in [3.8, 4) is 0 Å². The van der Waals surface area contributed by atoms with Gasteiger partial charge in [0.05, 0.1) is 6.33 Å². The Morgan fingerprint density at radius 1 is 1.65 bits per heavy atom. The molecule has 5 nitrogen and oxygen atoms in total. The Balaban J connectivity index is 1.60. The molecule has 6 heteroatoms. The van der Waals surface area contributed by atoms with Gasteiger partial charge in [-0.05, 0) is 0 Å². The van der Waals surface area contributed by atoms with Gasteiger partial charge in [-0.2, -0.15) is 11.8 Å². The molecule has 17 heavy (non-hydrogen) atoms. The maximum Gasteiger partial charge on any atom is 0.221 e. The zero-order valence-corrected chi connectivity index (χ0v) is 10.6. The average molecular weight is 254 g/mol. The summed E-state index contributed by atoms with van der Waals surface area (Å²) in [5.41, 5.74) is 1.05. The number of hydrogen-bond donors (Lipinski definition) is 3. The lowest BCUT2D eigenvalue weighted by Gasteiger charge is -2.22. The number of rotatable bonds is 5. The van der Waals surface area contributed by atoms with E-state index in [1.807, 2.05) is 11.8 Å². The number of H-pyrrole nitrogens is 1. The second kappa shape index (κ2) is 6.66. The average Bonchev–Trinajstić information content (AvgIpc) is 2.83. The SMILES string of the molecule is O=C(CC1CSCCN1)NCCc1cnc[nH]1. The van der Waals surface area contributed by atoms with Gasteiger partial charge in [0.25, 0.3) is 0 Å². The van der Waals surface area contributed by atoms with Crippen LogP contribution in [0.5, 0.6) is 0 Å². The van der Waals surface area contributed by atoms with Crippen LogP contribution in [0.15, 0.2) is 12.5 Å². The van der Waals surface area contributed by atoms with Crippen LogP contribution in [-0.4, -0.2) is 46.5 Å². The highest BCUT2D eigenvalue weighted by atomic mass is 32.2. The number of thioether (sulfide) groups is 1. The van der Waals surface area contributed by atoms with E-state index >= 15 is 0 Å². The molecular weight excluding hydrogens is 236 g/mol. The summed E-state index contributed by atoms with van der Waals surface area (Å²) in [5.74, 6) is 2.32. The molecule has 2 heterocycles. The van der Waals surface area contributed by atoms with Crippen molar-refractivity contribution in [3.05, 3.63) is 18.2 Å². The Bertz CT molecular complexity index is 335. The standard InChI is InChI=1S/C11H18N4OS/c16-11(5-10-7-17-4-3-13-10)14-2-1-9-6-12-8-15-9/h6,8,10,13H,1-5,7H2,(H,12,15)(H,14,16). The van der Waals surface area contributed by atoms with Gasteiger partial charge in [0.15, 0.2) is 0 Å². The molecule has 1 saturated heterocycles. The molecule has 2 rings (SSSR count). The van der Waals surface area contributed by atoms with Gasteiger partial charge in [-0.15, -0.1) is 0 Å². The third-order valence-corrected chi connectivity index (χ3v) is 3.83. The first-order valence-corrected chi connectivity index (χ1v) is 7.05. The first-order chi connectivity index (χ1) is 8.34. The van der Waals surface area contributed by atoms with Crippen molar-refractivity contribution < 1.29 is 4.79 Å². The highest BCUT2D eigenvalue weighted by molar-refractivity contribution is 7.99. The predicted octanol–water partition coefficient (Wildman–Crippen LogP) is 0.163.